The van der Waals surface area contributed by atoms with Crippen LogP contribution in [0.3, 0.4) is 0 Å². The fourth-order valence-corrected chi connectivity index (χ4v) is 4.65. The Balaban J connectivity index is 1.63. The Bertz CT molecular complexity index is 1410. The number of ether oxygens (including phenoxy) is 2. The Morgan fingerprint density at radius 2 is 1.58 bits per heavy atom. The van der Waals surface area contributed by atoms with Crippen LogP contribution in [0.15, 0.2) is 72.9 Å². The Morgan fingerprint density at radius 3 is 2.33 bits per heavy atom. The van der Waals surface area contributed by atoms with Crippen molar-refractivity contribution in [3.8, 4) is 11.5 Å². The first kappa shape index (κ1) is 20.8. The monoisotopic (exact) mass is 456 g/mol. The Labute approximate surface area is 194 Å². The molecule has 0 radical (unpaired) electrons. The predicted octanol–water partition coefficient (Wildman–Crippen LogP) is 5.10. The molecule has 0 atom stereocenters. The molecule has 0 spiro atoms. The molecular formula is C25H20N4O3S. The van der Waals surface area contributed by atoms with Crippen LogP contribution in [0.2, 0.25) is 0 Å². The number of aromatic nitrogens is 3. The normalized spacial score (nSPS) is 11.0. The van der Waals surface area contributed by atoms with Crippen molar-refractivity contribution >= 4 is 43.6 Å². The summed E-state index contributed by atoms with van der Waals surface area (Å²) < 4.78 is 11.8. The third kappa shape index (κ3) is 3.96. The molecule has 7 nitrogen and oxygen atoms in total. The summed E-state index contributed by atoms with van der Waals surface area (Å²) in [6.07, 6.45) is 1.51. The first-order valence-corrected chi connectivity index (χ1v) is 11.1. The Hall–Kier alpha value is -4.04. The fraction of sp³-hybridized carbons (Fsp3) is 0.120. The molecule has 5 aromatic rings. The molecule has 2 heterocycles. The molecule has 0 aliphatic rings. The molecule has 0 aliphatic heterocycles. The minimum atomic E-state index is -0.283. The van der Waals surface area contributed by atoms with Gasteiger partial charge in [-0.2, -0.15) is 0 Å². The van der Waals surface area contributed by atoms with Gasteiger partial charge in [0.05, 0.1) is 38.0 Å². The summed E-state index contributed by atoms with van der Waals surface area (Å²) in [5.74, 6) is 1.01. The number of benzene rings is 3. The SMILES string of the molecule is COc1ccc(OC)c2sc(N(Cc3ccccc3)C(=O)c3cnc4ccccc4n3)nc12. The summed E-state index contributed by atoms with van der Waals surface area (Å²) in [4.78, 5) is 29.1. The highest BCUT2D eigenvalue weighted by atomic mass is 32.1. The lowest BCUT2D eigenvalue weighted by Crippen LogP contribution is -2.31. The maximum atomic E-state index is 13.7. The zero-order chi connectivity index (χ0) is 22.8. The van der Waals surface area contributed by atoms with Crippen molar-refractivity contribution in [2.24, 2.45) is 0 Å². The van der Waals surface area contributed by atoms with E-state index in [-0.39, 0.29) is 11.6 Å². The van der Waals surface area contributed by atoms with E-state index in [0.717, 1.165) is 15.8 Å². The molecule has 0 unspecified atom stereocenters. The lowest BCUT2D eigenvalue weighted by molar-refractivity contribution is 0.0980. The average Bonchev–Trinajstić information content (AvgIpc) is 3.32. The van der Waals surface area contributed by atoms with Crippen LogP contribution in [0.5, 0.6) is 11.5 Å². The standard InChI is InChI=1S/C25H20N4O3S/c1-31-20-12-13-21(32-2)23-22(20)28-25(33-23)29(15-16-8-4-3-5-9-16)24(30)19-14-26-17-10-6-7-11-18(17)27-19/h3-14H,15H2,1-2H3. The van der Waals surface area contributed by atoms with Crippen molar-refractivity contribution in [1.29, 1.82) is 0 Å². The number of fused-ring (bicyclic) bond motifs is 2. The van der Waals surface area contributed by atoms with Crippen molar-refractivity contribution in [1.82, 2.24) is 15.0 Å². The van der Waals surface area contributed by atoms with Crippen LogP contribution in [0.25, 0.3) is 21.3 Å². The third-order valence-electron chi connectivity index (χ3n) is 5.23. The van der Waals surface area contributed by atoms with Gasteiger partial charge < -0.3 is 9.47 Å². The maximum Gasteiger partial charge on any atom is 0.280 e. The molecule has 0 saturated heterocycles. The topological polar surface area (TPSA) is 77.4 Å². The van der Waals surface area contributed by atoms with E-state index in [1.165, 1.54) is 17.5 Å². The minimum absolute atomic E-state index is 0.253. The largest absolute Gasteiger partial charge is 0.495 e. The van der Waals surface area contributed by atoms with E-state index in [1.54, 1.807) is 19.1 Å². The number of carbonyl (C=O) groups is 1. The number of amides is 1. The van der Waals surface area contributed by atoms with Gasteiger partial charge in [0.2, 0.25) is 0 Å². The number of anilines is 1. The smallest absolute Gasteiger partial charge is 0.280 e. The minimum Gasteiger partial charge on any atom is -0.495 e. The second-order valence-electron chi connectivity index (χ2n) is 7.27. The van der Waals surface area contributed by atoms with E-state index in [9.17, 15) is 4.79 Å². The highest BCUT2D eigenvalue weighted by Gasteiger charge is 2.25. The molecule has 0 aliphatic carbocycles. The zero-order valence-electron chi connectivity index (χ0n) is 18.1. The van der Waals surface area contributed by atoms with Gasteiger partial charge in [0, 0.05) is 0 Å². The van der Waals surface area contributed by atoms with Gasteiger partial charge in [0.25, 0.3) is 5.91 Å². The van der Waals surface area contributed by atoms with E-state index in [4.69, 9.17) is 14.5 Å². The van der Waals surface area contributed by atoms with Crippen LogP contribution in [-0.4, -0.2) is 35.1 Å². The van der Waals surface area contributed by atoms with Crippen LogP contribution in [-0.2, 0) is 6.54 Å². The van der Waals surface area contributed by atoms with Gasteiger partial charge in [-0.25, -0.2) is 9.97 Å². The first-order chi connectivity index (χ1) is 16.2. The van der Waals surface area contributed by atoms with E-state index in [2.05, 4.69) is 9.97 Å². The predicted molar refractivity (Wildman–Crippen MR) is 129 cm³/mol. The summed E-state index contributed by atoms with van der Waals surface area (Å²) in [5, 5.41) is 0.525. The van der Waals surface area contributed by atoms with Crippen LogP contribution in [0, 0.1) is 0 Å². The van der Waals surface area contributed by atoms with Gasteiger partial charge in [0.1, 0.15) is 27.4 Å². The highest BCUT2D eigenvalue weighted by molar-refractivity contribution is 7.22. The zero-order valence-corrected chi connectivity index (χ0v) is 18.9. The van der Waals surface area contributed by atoms with E-state index in [1.807, 2.05) is 66.7 Å². The van der Waals surface area contributed by atoms with Crippen LogP contribution < -0.4 is 14.4 Å². The van der Waals surface area contributed by atoms with Crippen LogP contribution in [0.4, 0.5) is 5.13 Å². The molecule has 0 fully saturated rings. The molecule has 8 heteroatoms. The van der Waals surface area contributed by atoms with Gasteiger partial charge in [-0.3, -0.25) is 14.7 Å². The number of para-hydroxylation sites is 2. The number of thiazole rings is 1. The summed E-state index contributed by atoms with van der Waals surface area (Å²) in [6.45, 7) is 0.332. The number of carbonyl (C=O) groups excluding carboxylic acids is 1. The van der Waals surface area contributed by atoms with Gasteiger partial charge in [0.15, 0.2) is 5.13 Å². The van der Waals surface area contributed by atoms with E-state index >= 15 is 0 Å². The second-order valence-corrected chi connectivity index (χ2v) is 8.24. The van der Waals surface area contributed by atoms with E-state index in [0.29, 0.717) is 34.2 Å². The van der Waals surface area contributed by atoms with Crippen LogP contribution in [0.1, 0.15) is 16.1 Å². The number of methoxy groups -OCH3 is 2. The molecule has 0 N–H and O–H groups in total. The van der Waals surface area contributed by atoms with Gasteiger partial charge in [-0.1, -0.05) is 53.8 Å². The van der Waals surface area contributed by atoms with Gasteiger partial charge >= 0.3 is 0 Å². The molecule has 0 saturated carbocycles. The molecule has 3 aromatic carbocycles. The second kappa shape index (κ2) is 8.84. The van der Waals surface area contributed by atoms with Crippen molar-refractivity contribution in [3.05, 3.63) is 84.2 Å². The summed E-state index contributed by atoms with van der Waals surface area (Å²) in [6, 6.07) is 20.9. The van der Waals surface area contributed by atoms with Crippen molar-refractivity contribution in [2.75, 3.05) is 19.1 Å². The molecule has 2 aromatic heterocycles. The number of hydrogen-bond acceptors (Lipinski definition) is 7. The van der Waals surface area contributed by atoms with Crippen molar-refractivity contribution in [2.45, 2.75) is 6.54 Å². The quantitative estimate of drug-likeness (QED) is 0.354. The van der Waals surface area contributed by atoms with Gasteiger partial charge in [-0.05, 0) is 29.8 Å². The molecule has 33 heavy (non-hydrogen) atoms. The number of nitrogens with zero attached hydrogens (tertiary/aromatic N) is 4. The Kier molecular flexibility index (Phi) is 5.58. The highest BCUT2D eigenvalue weighted by Crippen LogP contribution is 2.40. The lowest BCUT2D eigenvalue weighted by atomic mass is 10.2. The first-order valence-electron chi connectivity index (χ1n) is 10.3. The lowest BCUT2D eigenvalue weighted by Gasteiger charge is -2.19. The van der Waals surface area contributed by atoms with Gasteiger partial charge in [-0.15, -0.1) is 0 Å². The molecule has 1 amide bonds. The third-order valence-corrected chi connectivity index (χ3v) is 6.32. The maximum absolute atomic E-state index is 13.7. The molecule has 5 rings (SSSR count). The fourth-order valence-electron chi connectivity index (χ4n) is 3.58. The van der Waals surface area contributed by atoms with E-state index < -0.39 is 0 Å². The number of hydrogen-bond donors (Lipinski definition) is 0. The van der Waals surface area contributed by atoms with Crippen molar-refractivity contribution < 1.29 is 14.3 Å². The van der Waals surface area contributed by atoms with Crippen LogP contribution >= 0.6 is 11.3 Å². The number of rotatable bonds is 6. The summed E-state index contributed by atoms with van der Waals surface area (Å²) in [5.41, 5.74) is 3.27. The molecular weight excluding hydrogens is 436 g/mol. The Morgan fingerprint density at radius 1 is 0.879 bits per heavy atom. The molecule has 164 valence electrons. The summed E-state index contributed by atoms with van der Waals surface area (Å²) in [7, 11) is 3.20. The van der Waals surface area contributed by atoms with Crippen molar-refractivity contribution in [3.63, 3.8) is 0 Å². The molecule has 0 bridgehead atoms. The average molecular weight is 457 g/mol. The summed E-state index contributed by atoms with van der Waals surface area (Å²) >= 11 is 1.37.